The zero-order valence-electron chi connectivity index (χ0n) is 19.5. The summed E-state index contributed by atoms with van der Waals surface area (Å²) >= 11 is 0. The molecule has 0 radical (unpaired) electrons. The van der Waals surface area contributed by atoms with Gasteiger partial charge in [0.15, 0.2) is 0 Å². The van der Waals surface area contributed by atoms with Gasteiger partial charge in [0.2, 0.25) is 5.91 Å². The number of fused-ring (bicyclic) bond motifs is 1. The quantitative estimate of drug-likeness (QED) is 0.466. The lowest BCUT2D eigenvalue weighted by atomic mass is 10.0. The van der Waals surface area contributed by atoms with Crippen LogP contribution in [0.3, 0.4) is 0 Å². The largest absolute Gasteiger partial charge is 0.494 e. The molecule has 4 aromatic rings. The van der Waals surface area contributed by atoms with E-state index in [1.165, 1.54) is 6.33 Å². The molecule has 4 rings (SSSR count). The third-order valence-electron chi connectivity index (χ3n) is 5.43. The Labute approximate surface area is 193 Å². The molecule has 33 heavy (non-hydrogen) atoms. The van der Waals surface area contributed by atoms with E-state index in [-0.39, 0.29) is 11.8 Å². The van der Waals surface area contributed by atoms with Gasteiger partial charge in [0.05, 0.1) is 24.0 Å². The summed E-state index contributed by atoms with van der Waals surface area (Å²) in [7, 11) is 7.36. The molecule has 170 valence electrons. The molecule has 1 N–H and O–H groups in total. The third-order valence-corrected chi connectivity index (χ3v) is 5.43. The zero-order valence-corrected chi connectivity index (χ0v) is 19.5. The maximum atomic E-state index is 12.8. The number of carbonyl (C=O) groups excluding carboxylic acids is 1. The van der Waals surface area contributed by atoms with Crippen LogP contribution in [0.2, 0.25) is 0 Å². The van der Waals surface area contributed by atoms with Crippen molar-refractivity contribution in [3.8, 4) is 28.3 Å². The van der Waals surface area contributed by atoms with Crippen LogP contribution < -0.4 is 10.1 Å². The van der Waals surface area contributed by atoms with Crippen molar-refractivity contribution in [2.75, 3.05) is 33.1 Å². The van der Waals surface area contributed by atoms with Gasteiger partial charge in [0, 0.05) is 48.3 Å². The summed E-state index contributed by atoms with van der Waals surface area (Å²) in [5, 5.41) is 8.50. The van der Waals surface area contributed by atoms with Crippen molar-refractivity contribution < 1.29 is 9.53 Å². The molecule has 2 heterocycles. The molecule has 0 spiro atoms. The number of nitrogens with zero attached hydrogens (tertiary/aromatic N) is 5. The number of anilines is 1. The summed E-state index contributed by atoms with van der Waals surface area (Å²) in [6, 6.07) is 13.7. The average Bonchev–Trinajstić information content (AvgIpc) is 3.19. The van der Waals surface area contributed by atoms with Crippen molar-refractivity contribution in [2.45, 2.75) is 6.92 Å². The van der Waals surface area contributed by atoms with Crippen LogP contribution in [0.4, 0.5) is 5.69 Å². The van der Waals surface area contributed by atoms with Crippen LogP contribution in [-0.4, -0.2) is 58.3 Å². The molecule has 0 saturated carbocycles. The van der Waals surface area contributed by atoms with E-state index in [0.717, 1.165) is 33.4 Å². The van der Waals surface area contributed by atoms with Crippen molar-refractivity contribution >= 4 is 22.5 Å². The van der Waals surface area contributed by atoms with Gasteiger partial charge in [-0.1, -0.05) is 37.3 Å². The van der Waals surface area contributed by atoms with Gasteiger partial charge < -0.3 is 15.0 Å². The van der Waals surface area contributed by atoms with Crippen molar-refractivity contribution in [1.82, 2.24) is 24.6 Å². The fourth-order valence-electron chi connectivity index (χ4n) is 3.92. The van der Waals surface area contributed by atoms with Crippen LogP contribution in [0.15, 0.2) is 55.0 Å². The summed E-state index contributed by atoms with van der Waals surface area (Å²) in [4.78, 5) is 23.8. The highest BCUT2D eigenvalue weighted by Crippen LogP contribution is 2.37. The molecule has 1 amide bonds. The van der Waals surface area contributed by atoms with E-state index in [2.05, 4.69) is 20.4 Å². The van der Waals surface area contributed by atoms with Crippen LogP contribution in [0.25, 0.3) is 33.4 Å². The van der Waals surface area contributed by atoms with Crippen LogP contribution in [-0.2, 0) is 11.8 Å². The van der Waals surface area contributed by atoms with Gasteiger partial charge in [0.1, 0.15) is 17.8 Å². The highest BCUT2D eigenvalue weighted by Gasteiger charge is 2.20. The minimum absolute atomic E-state index is 0.0777. The fraction of sp³-hybridized carbons (Fsp3) is 0.280. The van der Waals surface area contributed by atoms with E-state index in [0.29, 0.717) is 18.0 Å². The standard InChI is InChI=1S/C25H28N6O2/c1-16(13-30(2)3)25(32)28-21-11-18-20(12-22(21)33-5)26-15-27-24(18)19-14-31(4)29-23(19)17-9-7-6-8-10-17/h6-12,14-16H,13H2,1-5H3,(H,28,32)/t16-/m0/s1. The Morgan fingerprint density at radius 2 is 1.91 bits per heavy atom. The second-order valence-corrected chi connectivity index (χ2v) is 8.38. The van der Waals surface area contributed by atoms with Gasteiger partial charge >= 0.3 is 0 Å². The lowest BCUT2D eigenvalue weighted by Gasteiger charge is -2.18. The number of benzene rings is 2. The van der Waals surface area contributed by atoms with Crippen molar-refractivity contribution in [3.63, 3.8) is 0 Å². The number of hydrogen-bond donors (Lipinski definition) is 1. The SMILES string of the molecule is COc1cc2ncnc(-c3cn(C)nc3-c3ccccc3)c2cc1NC(=O)[C@@H](C)CN(C)C. The first kappa shape index (κ1) is 22.4. The van der Waals surface area contributed by atoms with Crippen molar-refractivity contribution in [2.24, 2.45) is 13.0 Å². The molecule has 0 aliphatic carbocycles. The molecular formula is C25H28N6O2. The Kier molecular flexibility index (Phi) is 6.37. The average molecular weight is 445 g/mol. The van der Waals surface area contributed by atoms with E-state index in [1.54, 1.807) is 11.8 Å². The molecular weight excluding hydrogens is 416 g/mol. The minimum atomic E-state index is -0.185. The molecule has 2 aromatic heterocycles. The van der Waals surface area contributed by atoms with Gasteiger partial charge in [-0.2, -0.15) is 5.10 Å². The van der Waals surface area contributed by atoms with Gasteiger partial charge in [0.25, 0.3) is 0 Å². The monoisotopic (exact) mass is 444 g/mol. The smallest absolute Gasteiger partial charge is 0.228 e. The number of amides is 1. The molecule has 0 bridgehead atoms. The van der Waals surface area contributed by atoms with Gasteiger partial charge in [-0.15, -0.1) is 0 Å². The summed E-state index contributed by atoms with van der Waals surface area (Å²) in [5.41, 5.74) is 4.77. The number of rotatable bonds is 7. The summed E-state index contributed by atoms with van der Waals surface area (Å²) in [6.07, 6.45) is 3.49. The molecule has 8 nitrogen and oxygen atoms in total. The number of aryl methyl sites for hydroxylation is 1. The molecule has 0 fully saturated rings. The zero-order chi connectivity index (χ0) is 23.5. The molecule has 0 aliphatic heterocycles. The first-order valence-electron chi connectivity index (χ1n) is 10.7. The number of nitrogens with one attached hydrogen (secondary N) is 1. The summed E-state index contributed by atoms with van der Waals surface area (Å²) < 4.78 is 7.33. The van der Waals surface area contributed by atoms with E-state index >= 15 is 0 Å². The Bertz CT molecular complexity index is 1280. The van der Waals surface area contributed by atoms with Crippen molar-refractivity contribution in [3.05, 3.63) is 55.0 Å². The molecule has 8 heteroatoms. The number of carbonyl (C=O) groups is 1. The predicted octanol–water partition coefficient (Wildman–Crippen LogP) is 3.84. The van der Waals surface area contributed by atoms with Crippen LogP contribution >= 0.6 is 0 Å². The molecule has 2 aromatic carbocycles. The maximum Gasteiger partial charge on any atom is 0.228 e. The maximum absolute atomic E-state index is 12.8. The fourth-order valence-corrected chi connectivity index (χ4v) is 3.92. The van der Waals surface area contributed by atoms with Crippen LogP contribution in [0.5, 0.6) is 5.75 Å². The molecule has 1 atom stereocenters. The number of hydrogen-bond acceptors (Lipinski definition) is 6. The van der Waals surface area contributed by atoms with Gasteiger partial charge in [-0.05, 0) is 20.2 Å². The normalized spacial score (nSPS) is 12.2. The highest BCUT2D eigenvalue weighted by atomic mass is 16.5. The van der Waals surface area contributed by atoms with Crippen molar-refractivity contribution in [1.29, 1.82) is 0 Å². The Morgan fingerprint density at radius 1 is 1.15 bits per heavy atom. The summed E-state index contributed by atoms with van der Waals surface area (Å²) in [6.45, 7) is 2.55. The number of methoxy groups -OCH3 is 1. The minimum Gasteiger partial charge on any atom is -0.494 e. The number of aromatic nitrogens is 4. The molecule has 0 aliphatic rings. The van der Waals surface area contributed by atoms with E-state index < -0.39 is 0 Å². The van der Waals surface area contributed by atoms with E-state index in [1.807, 2.05) is 81.6 Å². The van der Waals surface area contributed by atoms with Crippen LogP contribution in [0.1, 0.15) is 6.92 Å². The lowest BCUT2D eigenvalue weighted by molar-refractivity contribution is -0.119. The molecule has 0 saturated heterocycles. The predicted molar refractivity (Wildman–Crippen MR) is 130 cm³/mol. The summed E-state index contributed by atoms with van der Waals surface area (Å²) in [5.74, 6) is 0.285. The molecule has 0 unspecified atom stereocenters. The second kappa shape index (κ2) is 9.38. The Hall–Kier alpha value is -3.78. The van der Waals surface area contributed by atoms with Crippen LogP contribution in [0, 0.1) is 5.92 Å². The first-order chi connectivity index (χ1) is 15.9. The first-order valence-corrected chi connectivity index (χ1v) is 10.7. The number of ether oxygens (including phenoxy) is 1. The van der Waals surface area contributed by atoms with Gasteiger partial charge in [-0.3, -0.25) is 9.48 Å². The Morgan fingerprint density at radius 3 is 2.61 bits per heavy atom. The second-order valence-electron chi connectivity index (χ2n) is 8.38. The lowest BCUT2D eigenvalue weighted by Crippen LogP contribution is -2.30. The highest BCUT2D eigenvalue weighted by molar-refractivity contribution is 6.02. The van der Waals surface area contributed by atoms with E-state index in [9.17, 15) is 4.79 Å². The van der Waals surface area contributed by atoms with Gasteiger partial charge in [-0.25, -0.2) is 9.97 Å². The Balaban J connectivity index is 1.82. The topological polar surface area (TPSA) is 85.2 Å². The van der Waals surface area contributed by atoms with E-state index in [4.69, 9.17) is 4.74 Å². The third kappa shape index (κ3) is 4.70.